The van der Waals surface area contributed by atoms with Crippen LogP contribution in [0.3, 0.4) is 0 Å². The van der Waals surface area contributed by atoms with Gasteiger partial charge in [-0.05, 0) is 42.4 Å². The molecule has 1 aromatic rings. The highest BCUT2D eigenvalue weighted by Crippen LogP contribution is 2.40. The van der Waals surface area contributed by atoms with Gasteiger partial charge in [0.25, 0.3) is 0 Å². The average molecular weight is 176 g/mol. The van der Waals surface area contributed by atoms with E-state index < -0.39 is 0 Å². The fraction of sp³-hybridized carbons (Fsp3) is 0.500. The van der Waals surface area contributed by atoms with E-state index in [0.717, 1.165) is 17.6 Å². The van der Waals surface area contributed by atoms with Gasteiger partial charge in [-0.25, -0.2) is 0 Å². The Morgan fingerprint density at radius 3 is 2.38 bits per heavy atom. The normalized spacial score (nSPS) is 25.7. The Bertz CT molecular complexity index is 276. The third-order valence-electron chi connectivity index (χ3n) is 2.93. The number of ether oxygens (including phenoxy) is 1. The van der Waals surface area contributed by atoms with Crippen molar-refractivity contribution in [3.63, 3.8) is 0 Å². The summed E-state index contributed by atoms with van der Waals surface area (Å²) in [6.07, 6.45) is 2.65. The van der Waals surface area contributed by atoms with E-state index in [-0.39, 0.29) is 0 Å². The van der Waals surface area contributed by atoms with Crippen LogP contribution in [0.15, 0.2) is 24.3 Å². The summed E-state index contributed by atoms with van der Waals surface area (Å²) in [7, 11) is 1.71. The number of benzene rings is 1. The van der Waals surface area contributed by atoms with Crippen LogP contribution in [-0.2, 0) is 6.42 Å². The average Bonchev–Trinajstić information content (AvgIpc) is 2.83. The van der Waals surface area contributed by atoms with Crippen LogP contribution in [0.2, 0.25) is 0 Å². The van der Waals surface area contributed by atoms with Gasteiger partial charge in [-0.1, -0.05) is 19.1 Å². The molecule has 0 bridgehead atoms. The molecule has 1 nitrogen and oxygen atoms in total. The van der Waals surface area contributed by atoms with E-state index in [1.54, 1.807) is 7.11 Å². The lowest BCUT2D eigenvalue weighted by molar-refractivity contribution is 0.414. The van der Waals surface area contributed by atoms with E-state index in [9.17, 15) is 0 Å². The van der Waals surface area contributed by atoms with Crippen molar-refractivity contribution >= 4 is 0 Å². The van der Waals surface area contributed by atoms with E-state index in [2.05, 4.69) is 19.1 Å². The van der Waals surface area contributed by atoms with Crippen molar-refractivity contribution in [2.45, 2.75) is 19.8 Å². The van der Waals surface area contributed by atoms with Crippen LogP contribution in [-0.4, -0.2) is 7.11 Å². The van der Waals surface area contributed by atoms with Crippen molar-refractivity contribution in [1.82, 2.24) is 0 Å². The fourth-order valence-corrected chi connectivity index (χ4v) is 1.75. The van der Waals surface area contributed by atoms with Gasteiger partial charge >= 0.3 is 0 Å². The third-order valence-corrected chi connectivity index (χ3v) is 2.93. The summed E-state index contributed by atoms with van der Waals surface area (Å²) in [4.78, 5) is 0. The lowest BCUT2D eigenvalue weighted by atomic mass is 10.1. The Morgan fingerprint density at radius 2 is 1.92 bits per heavy atom. The third kappa shape index (κ3) is 2.03. The number of hydrogen-bond donors (Lipinski definition) is 0. The molecule has 1 heteroatoms. The number of methoxy groups -OCH3 is 1. The van der Waals surface area contributed by atoms with Gasteiger partial charge in [-0.3, -0.25) is 0 Å². The van der Waals surface area contributed by atoms with Gasteiger partial charge in [0.15, 0.2) is 0 Å². The molecule has 0 saturated heterocycles. The molecule has 1 aliphatic rings. The molecule has 1 fully saturated rings. The summed E-state index contributed by atoms with van der Waals surface area (Å²) in [5.41, 5.74) is 1.44. The Kier molecular flexibility index (Phi) is 2.26. The summed E-state index contributed by atoms with van der Waals surface area (Å²) in [5, 5.41) is 0. The van der Waals surface area contributed by atoms with Gasteiger partial charge < -0.3 is 4.74 Å². The molecule has 13 heavy (non-hydrogen) atoms. The Balaban J connectivity index is 1.97. The van der Waals surface area contributed by atoms with Crippen molar-refractivity contribution in [3.8, 4) is 5.75 Å². The fourth-order valence-electron chi connectivity index (χ4n) is 1.75. The van der Waals surface area contributed by atoms with Crippen LogP contribution in [0, 0.1) is 11.8 Å². The minimum Gasteiger partial charge on any atom is -0.497 e. The molecule has 2 atom stereocenters. The van der Waals surface area contributed by atoms with Crippen molar-refractivity contribution < 1.29 is 4.74 Å². The second-order valence-electron chi connectivity index (χ2n) is 4.03. The molecule has 2 rings (SSSR count). The summed E-state index contributed by atoms with van der Waals surface area (Å²) in [5.74, 6) is 2.84. The van der Waals surface area contributed by atoms with Crippen LogP contribution in [0.1, 0.15) is 18.9 Å². The van der Waals surface area contributed by atoms with Crippen LogP contribution < -0.4 is 4.74 Å². The highest BCUT2D eigenvalue weighted by Gasteiger charge is 2.31. The van der Waals surface area contributed by atoms with Crippen molar-refractivity contribution in [3.05, 3.63) is 29.8 Å². The first-order valence-electron chi connectivity index (χ1n) is 4.92. The maximum Gasteiger partial charge on any atom is 0.118 e. The maximum atomic E-state index is 5.11. The molecule has 1 unspecified atom stereocenters. The van der Waals surface area contributed by atoms with Gasteiger partial charge in [-0.15, -0.1) is 0 Å². The van der Waals surface area contributed by atoms with Gasteiger partial charge in [0, 0.05) is 0 Å². The zero-order valence-electron chi connectivity index (χ0n) is 8.29. The second-order valence-corrected chi connectivity index (χ2v) is 4.03. The molecule has 1 aromatic carbocycles. The minimum absolute atomic E-state index is 0.938. The van der Waals surface area contributed by atoms with Crippen LogP contribution >= 0.6 is 0 Å². The monoisotopic (exact) mass is 176 g/mol. The molecule has 0 radical (unpaired) electrons. The zero-order chi connectivity index (χ0) is 9.26. The van der Waals surface area contributed by atoms with E-state index in [0.29, 0.717) is 0 Å². The molecule has 0 amide bonds. The quantitative estimate of drug-likeness (QED) is 0.688. The van der Waals surface area contributed by atoms with E-state index >= 15 is 0 Å². The molecular formula is C12H16O. The molecule has 70 valence electrons. The summed E-state index contributed by atoms with van der Waals surface area (Å²) in [6.45, 7) is 2.33. The Labute approximate surface area is 79.7 Å². The van der Waals surface area contributed by atoms with Crippen molar-refractivity contribution in [2.24, 2.45) is 11.8 Å². The Morgan fingerprint density at radius 1 is 1.31 bits per heavy atom. The standard InChI is InChI=1S/C12H16O/c1-9-7-11(9)8-10-3-5-12(13-2)6-4-10/h3-6,9,11H,7-8H2,1-2H3/t9?,11-/m1/s1. The van der Waals surface area contributed by atoms with Crippen molar-refractivity contribution in [1.29, 1.82) is 0 Å². The van der Waals surface area contributed by atoms with E-state index in [1.807, 2.05) is 12.1 Å². The van der Waals surface area contributed by atoms with Gasteiger partial charge in [0.1, 0.15) is 5.75 Å². The van der Waals surface area contributed by atoms with Crippen LogP contribution in [0.5, 0.6) is 5.75 Å². The van der Waals surface area contributed by atoms with Crippen molar-refractivity contribution in [2.75, 3.05) is 7.11 Å². The van der Waals surface area contributed by atoms with Gasteiger partial charge in [-0.2, -0.15) is 0 Å². The molecular weight excluding hydrogens is 160 g/mol. The lowest BCUT2D eigenvalue weighted by Crippen LogP contribution is -1.89. The number of rotatable bonds is 3. The minimum atomic E-state index is 0.938. The molecule has 1 aliphatic carbocycles. The molecule has 0 heterocycles. The summed E-state index contributed by atoms with van der Waals surface area (Å²) >= 11 is 0. The SMILES string of the molecule is COc1ccc(C[C@H]2CC2C)cc1. The first-order chi connectivity index (χ1) is 6.29. The highest BCUT2D eigenvalue weighted by molar-refractivity contribution is 5.27. The highest BCUT2D eigenvalue weighted by atomic mass is 16.5. The first kappa shape index (κ1) is 8.61. The van der Waals surface area contributed by atoms with Crippen LogP contribution in [0.4, 0.5) is 0 Å². The molecule has 0 aliphatic heterocycles. The van der Waals surface area contributed by atoms with Gasteiger partial charge in [0.05, 0.1) is 7.11 Å². The predicted octanol–water partition coefficient (Wildman–Crippen LogP) is 2.89. The van der Waals surface area contributed by atoms with E-state index in [4.69, 9.17) is 4.74 Å². The predicted molar refractivity (Wildman–Crippen MR) is 54.0 cm³/mol. The van der Waals surface area contributed by atoms with Gasteiger partial charge in [0.2, 0.25) is 0 Å². The molecule has 0 spiro atoms. The molecule has 1 saturated carbocycles. The smallest absolute Gasteiger partial charge is 0.118 e. The molecule has 0 N–H and O–H groups in total. The van der Waals surface area contributed by atoms with E-state index in [1.165, 1.54) is 18.4 Å². The number of hydrogen-bond acceptors (Lipinski definition) is 1. The summed E-state index contributed by atoms with van der Waals surface area (Å²) < 4.78 is 5.11. The molecule has 0 aromatic heterocycles. The Hall–Kier alpha value is -0.980. The zero-order valence-corrected chi connectivity index (χ0v) is 8.29. The summed E-state index contributed by atoms with van der Waals surface area (Å²) in [6, 6.07) is 8.43. The largest absolute Gasteiger partial charge is 0.497 e. The maximum absolute atomic E-state index is 5.11. The lowest BCUT2D eigenvalue weighted by Gasteiger charge is -2.02. The topological polar surface area (TPSA) is 9.23 Å². The first-order valence-corrected chi connectivity index (χ1v) is 4.92. The second kappa shape index (κ2) is 3.41. The van der Waals surface area contributed by atoms with Crippen LogP contribution in [0.25, 0.3) is 0 Å².